The van der Waals surface area contributed by atoms with Gasteiger partial charge in [0.1, 0.15) is 5.76 Å². The predicted molar refractivity (Wildman–Crippen MR) is 73.3 cm³/mol. The monoisotopic (exact) mass is 282 g/mol. The number of aliphatic hydroxyl groups excluding tert-OH is 1. The lowest BCUT2D eigenvalue weighted by Gasteiger charge is -2.13. The van der Waals surface area contributed by atoms with Gasteiger partial charge in [0.25, 0.3) is 0 Å². The van der Waals surface area contributed by atoms with Crippen molar-refractivity contribution in [3.63, 3.8) is 0 Å². The Bertz CT molecular complexity index is 481. The third-order valence-corrected chi connectivity index (χ3v) is 2.50. The van der Waals surface area contributed by atoms with Gasteiger partial charge in [0.05, 0.1) is 34.0 Å². The molecule has 0 saturated heterocycles. The summed E-state index contributed by atoms with van der Waals surface area (Å²) in [6.45, 7) is 1.92. The maximum Gasteiger partial charge on any atom is 0.334 e. The molecule has 1 N–H and O–H groups in total. The molecule has 6 heteroatoms. The van der Waals surface area contributed by atoms with Gasteiger partial charge in [-0.1, -0.05) is 0 Å². The number of rotatable bonds is 6. The van der Waals surface area contributed by atoms with E-state index in [1.807, 2.05) is 0 Å². The number of benzene rings is 1. The van der Waals surface area contributed by atoms with Crippen LogP contribution >= 0.6 is 0 Å². The van der Waals surface area contributed by atoms with Crippen molar-refractivity contribution in [3.05, 3.63) is 23.8 Å². The summed E-state index contributed by atoms with van der Waals surface area (Å²) in [7, 11) is 4.41. The van der Waals surface area contributed by atoms with Crippen LogP contribution in [0.2, 0.25) is 0 Å². The number of aliphatic hydroxyl groups is 1. The summed E-state index contributed by atoms with van der Waals surface area (Å²) in [6.07, 6.45) is 0.990. The Morgan fingerprint density at radius 3 is 2.10 bits per heavy atom. The Balaban J connectivity index is 3.22. The van der Waals surface area contributed by atoms with Crippen LogP contribution in [0.15, 0.2) is 18.2 Å². The molecule has 1 rings (SSSR count). The number of esters is 1. The van der Waals surface area contributed by atoms with Crippen LogP contribution in [0, 0.1) is 0 Å². The molecule has 0 bridgehead atoms. The van der Waals surface area contributed by atoms with Crippen LogP contribution in [0.25, 0.3) is 5.76 Å². The van der Waals surface area contributed by atoms with Crippen molar-refractivity contribution in [2.24, 2.45) is 0 Å². The van der Waals surface area contributed by atoms with Crippen LogP contribution in [-0.2, 0) is 9.53 Å². The van der Waals surface area contributed by atoms with Crippen LogP contribution in [0.1, 0.15) is 12.5 Å². The summed E-state index contributed by atoms with van der Waals surface area (Å²) in [6, 6.07) is 3.07. The number of carbonyl (C=O) groups excluding carboxylic acids is 1. The van der Waals surface area contributed by atoms with Crippen molar-refractivity contribution in [3.8, 4) is 17.2 Å². The molecule has 0 atom stereocenters. The average Bonchev–Trinajstić information content (AvgIpc) is 2.45. The molecule has 0 aliphatic carbocycles. The molecule has 6 nitrogen and oxygen atoms in total. The standard InChI is InChI=1S/C14H18O6/c1-5-20-13(16)8-10(15)9-6-11(17-2)14(19-4)12(7-9)18-3/h6-8,15H,5H2,1-4H3. The molecule has 0 aliphatic heterocycles. The minimum atomic E-state index is -0.626. The second-order valence-corrected chi connectivity index (χ2v) is 3.70. The molecule has 20 heavy (non-hydrogen) atoms. The SMILES string of the molecule is CCOC(=O)C=C(O)c1cc(OC)c(OC)c(OC)c1. The zero-order chi connectivity index (χ0) is 15.1. The number of methoxy groups -OCH3 is 3. The van der Waals surface area contributed by atoms with Crippen LogP contribution < -0.4 is 14.2 Å². The predicted octanol–water partition coefficient (Wildman–Crippen LogP) is 2.17. The van der Waals surface area contributed by atoms with Gasteiger partial charge < -0.3 is 24.1 Å². The zero-order valence-electron chi connectivity index (χ0n) is 11.9. The first-order valence-electron chi connectivity index (χ1n) is 5.95. The Morgan fingerprint density at radius 2 is 1.70 bits per heavy atom. The normalized spacial score (nSPS) is 10.9. The van der Waals surface area contributed by atoms with Gasteiger partial charge in [-0.3, -0.25) is 0 Å². The van der Waals surface area contributed by atoms with E-state index < -0.39 is 5.97 Å². The van der Waals surface area contributed by atoms with Crippen LogP contribution in [0.4, 0.5) is 0 Å². The van der Waals surface area contributed by atoms with E-state index in [0.29, 0.717) is 22.8 Å². The van der Waals surface area contributed by atoms with E-state index in [4.69, 9.17) is 18.9 Å². The van der Waals surface area contributed by atoms with E-state index >= 15 is 0 Å². The first-order valence-corrected chi connectivity index (χ1v) is 5.95. The molecule has 0 unspecified atom stereocenters. The summed E-state index contributed by atoms with van der Waals surface area (Å²) in [5, 5.41) is 9.93. The third kappa shape index (κ3) is 3.57. The molecule has 0 radical (unpaired) electrons. The minimum Gasteiger partial charge on any atom is -0.507 e. The molecule has 1 aromatic rings. The highest BCUT2D eigenvalue weighted by molar-refractivity contribution is 5.89. The van der Waals surface area contributed by atoms with Gasteiger partial charge in [-0.15, -0.1) is 0 Å². The van der Waals surface area contributed by atoms with Crippen molar-refractivity contribution in [2.45, 2.75) is 6.92 Å². The van der Waals surface area contributed by atoms with Crippen LogP contribution in [-0.4, -0.2) is 39.0 Å². The average molecular weight is 282 g/mol. The van der Waals surface area contributed by atoms with Crippen molar-refractivity contribution in [1.29, 1.82) is 0 Å². The lowest BCUT2D eigenvalue weighted by atomic mass is 10.1. The molecule has 0 heterocycles. The Kier molecular flexibility index (Phi) is 5.71. The quantitative estimate of drug-likeness (QED) is 0.489. The van der Waals surface area contributed by atoms with E-state index in [-0.39, 0.29) is 12.4 Å². The molecule has 0 aliphatic rings. The fraction of sp³-hybridized carbons (Fsp3) is 0.357. The van der Waals surface area contributed by atoms with Gasteiger partial charge >= 0.3 is 5.97 Å². The van der Waals surface area contributed by atoms with Crippen LogP contribution in [0.3, 0.4) is 0 Å². The van der Waals surface area contributed by atoms with E-state index in [1.165, 1.54) is 33.5 Å². The van der Waals surface area contributed by atoms with Gasteiger partial charge in [-0.25, -0.2) is 4.79 Å². The molecule has 0 aromatic heterocycles. The fourth-order valence-electron chi connectivity index (χ4n) is 1.61. The number of hydrogen-bond donors (Lipinski definition) is 1. The van der Waals surface area contributed by atoms with Crippen molar-refractivity contribution in [2.75, 3.05) is 27.9 Å². The van der Waals surface area contributed by atoms with Gasteiger partial charge in [0, 0.05) is 5.56 Å². The lowest BCUT2D eigenvalue weighted by molar-refractivity contribution is -0.137. The van der Waals surface area contributed by atoms with E-state index in [2.05, 4.69) is 0 Å². The molecule has 1 aromatic carbocycles. The smallest absolute Gasteiger partial charge is 0.334 e. The van der Waals surface area contributed by atoms with Gasteiger partial charge in [0.15, 0.2) is 11.5 Å². The number of ether oxygens (including phenoxy) is 4. The minimum absolute atomic E-state index is 0.234. The summed E-state index contributed by atoms with van der Waals surface area (Å²) in [5.74, 6) is 0.292. The van der Waals surface area contributed by atoms with Gasteiger partial charge in [-0.05, 0) is 19.1 Å². The third-order valence-electron chi connectivity index (χ3n) is 2.50. The topological polar surface area (TPSA) is 74.2 Å². The zero-order valence-corrected chi connectivity index (χ0v) is 11.9. The Labute approximate surface area is 117 Å². The van der Waals surface area contributed by atoms with Crippen LogP contribution in [0.5, 0.6) is 17.2 Å². The maximum atomic E-state index is 11.3. The molecule has 110 valence electrons. The maximum absolute atomic E-state index is 11.3. The molecule has 0 amide bonds. The fourth-order valence-corrected chi connectivity index (χ4v) is 1.61. The molecule has 0 spiro atoms. The van der Waals surface area contributed by atoms with Crippen molar-refractivity contribution < 1.29 is 28.8 Å². The summed E-state index contributed by atoms with van der Waals surface area (Å²) in [4.78, 5) is 11.3. The summed E-state index contributed by atoms with van der Waals surface area (Å²) in [5.41, 5.74) is 0.354. The van der Waals surface area contributed by atoms with Gasteiger partial charge in [0.2, 0.25) is 5.75 Å². The van der Waals surface area contributed by atoms with Crippen molar-refractivity contribution >= 4 is 11.7 Å². The number of hydrogen-bond acceptors (Lipinski definition) is 6. The van der Waals surface area contributed by atoms with E-state index in [1.54, 1.807) is 6.92 Å². The number of carbonyl (C=O) groups is 1. The summed E-state index contributed by atoms with van der Waals surface area (Å²) >= 11 is 0. The highest BCUT2D eigenvalue weighted by Crippen LogP contribution is 2.39. The highest BCUT2D eigenvalue weighted by Gasteiger charge is 2.15. The molecule has 0 saturated carbocycles. The first-order chi connectivity index (χ1) is 9.57. The second kappa shape index (κ2) is 7.28. The van der Waals surface area contributed by atoms with E-state index in [0.717, 1.165) is 6.08 Å². The highest BCUT2D eigenvalue weighted by atomic mass is 16.5. The lowest BCUT2D eigenvalue weighted by Crippen LogP contribution is -2.01. The Morgan fingerprint density at radius 1 is 1.15 bits per heavy atom. The first kappa shape index (κ1) is 15.7. The second-order valence-electron chi connectivity index (χ2n) is 3.70. The van der Waals surface area contributed by atoms with Gasteiger partial charge in [-0.2, -0.15) is 0 Å². The molecule has 0 fully saturated rings. The Hall–Kier alpha value is -2.37. The van der Waals surface area contributed by atoms with Crippen molar-refractivity contribution in [1.82, 2.24) is 0 Å². The largest absolute Gasteiger partial charge is 0.507 e. The summed E-state index contributed by atoms with van der Waals surface area (Å²) < 4.78 is 20.2. The molecular weight excluding hydrogens is 264 g/mol. The molecular formula is C14H18O6. The van der Waals surface area contributed by atoms with E-state index in [9.17, 15) is 9.90 Å².